The van der Waals surface area contributed by atoms with Crippen LogP contribution in [0.4, 0.5) is 13.2 Å². The zero-order chi connectivity index (χ0) is 15.8. The fourth-order valence-corrected chi connectivity index (χ4v) is 5.71. The number of hydrogen-bond donors (Lipinski definition) is 1. The number of rotatable bonds is 3. The highest BCUT2D eigenvalue weighted by atomic mass is 32.2. The van der Waals surface area contributed by atoms with Crippen molar-refractivity contribution < 1.29 is 21.6 Å². The lowest BCUT2D eigenvalue weighted by Crippen LogP contribution is -2.44. The Kier molecular flexibility index (Phi) is 4.67. The monoisotopic (exact) mass is 342 g/mol. The van der Waals surface area contributed by atoms with Crippen molar-refractivity contribution in [3.05, 3.63) is 15.8 Å². The molecule has 2 rings (SSSR count). The lowest BCUT2D eigenvalue weighted by molar-refractivity contribution is -0.182. The van der Waals surface area contributed by atoms with Crippen molar-refractivity contribution in [2.24, 2.45) is 11.7 Å². The fraction of sp³-hybridized carbons (Fsp3) is 0.667. The van der Waals surface area contributed by atoms with Gasteiger partial charge in [0.05, 0.1) is 5.92 Å². The van der Waals surface area contributed by atoms with E-state index in [-0.39, 0.29) is 30.8 Å². The maximum absolute atomic E-state index is 12.8. The van der Waals surface area contributed by atoms with E-state index >= 15 is 0 Å². The van der Waals surface area contributed by atoms with Crippen molar-refractivity contribution in [1.82, 2.24) is 4.31 Å². The number of piperidine rings is 1. The number of sulfonamides is 1. The van der Waals surface area contributed by atoms with Crippen LogP contribution in [0.3, 0.4) is 0 Å². The molecule has 120 valence electrons. The Morgan fingerprint density at radius 2 is 2.14 bits per heavy atom. The predicted octanol–water partition coefficient (Wildman–Crippen LogP) is 2.48. The molecule has 1 saturated heterocycles. The molecule has 1 aromatic rings. The summed E-state index contributed by atoms with van der Waals surface area (Å²) in [5.41, 5.74) is 6.07. The van der Waals surface area contributed by atoms with E-state index in [1.165, 1.54) is 11.3 Å². The third-order valence-corrected chi connectivity index (χ3v) is 6.97. The van der Waals surface area contributed by atoms with Crippen LogP contribution in [0.15, 0.2) is 10.3 Å². The highest BCUT2D eigenvalue weighted by Gasteiger charge is 2.44. The van der Waals surface area contributed by atoms with E-state index in [1.54, 1.807) is 12.3 Å². The van der Waals surface area contributed by atoms with E-state index in [0.29, 0.717) is 10.4 Å². The number of nitrogens with two attached hydrogens (primary N) is 1. The van der Waals surface area contributed by atoms with Crippen molar-refractivity contribution in [2.75, 3.05) is 13.1 Å². The summed E-state index contributed by atoms with van der Waals surface area (Å²) in [7, 11) is -3.92. The molecule has 9 heteroatoms. The molecule has 0 bridgehead atoms. The summed E-state index contributed by atoms with van der Waals surface area (Å²) < 4.78 is 64.7. The average molecular weight is 342 g/mol. The molecule has 21 heavy (non-hydrogen) atoms. The lowest BCUT2D eigenvalue weighted by atomic mass is 9.99. The summed E-state index contributed by atoms with van der Waals surface area (Å²) in [4.78, 5) is 0.569. The third-order valence-electron chi connectivity index (χ3n) is 3.62. The van der Waals surface area contributed by atoms with Crippen LogP contribution < -0.4 is 5.73 Å². The van der Waals surface area contributed by atoms with Gasteiger partial charge in [-0.05, 0) is 30.7 Å². The Labute approximate surface area is 125 Å². The lowest BCUT2D eigenvalue weighted by Gasteiger charge is -2.33. The standard InChI is InChI=1S/C12H17F3N2O2S2/c1-8-7-20-10(5-16)11(8)21(18,19)17-4-2-3-9(6-17)12(13,14)15/h7,9H,2-6,16H2,1H3. The molecule has 1 fully saturated rings. The highest BCUT2D eigenvalue weighted by Crippen LogP contribution is 2.36. The minimum Gasteiger partial charge on any atom is -0.326 e. The number of alkyl halides is 3. The minimum atomic E-state index is -4.37. The molecule has 0 radical (unpaired) electrons. The zero-order valence-electron chi connectivity index (χ0n) is 11.5. The van der Waals surface area contributed by atoms with Crippen LogP contribution in [0.1, 0.15) is 23.3 Å². The van der Waals surface area contributed by atoms with Crippen molar-refractivity contribution in [3.63, 3.8) is 0 Å². The molecule has 1 aromatic heterocycles. The van der Waals surface area contributed by atoms with Gasteiger partial charge in [0.15, 0.2) is 0 Å². The summed E-state index contributed by atoms with van der Waals surface area (Å²) in [5.74, 6) is -1.60. The summed E-state index contributed by atoms with van der Waals surface area (Å²) in [6, 6.07) is 0. The second-order valence-corrected chi connectivity index (χ2v) is 7.96. The van der Waals surface area contributed by atoms with Gasteiger partial charge in [0, 0.05) is 24.5 Å². The van der Waals surface area contributed by atoms with E-state index in [1.807, 2.05) is 0 Å². The van der Waals surface area contributed by atoms with Gasteiger partial charge in [0.1, 0.15) is 4.90 Å². The van der Waals surface area contributed by atoms with Crippen LogP contribution in [0.5, 0.6) is 0 Å². The number of halogens is 3. The average Bonchev–Trinajstić information content (AvgIpc) is 2.79. The van der Waals surface area contributed by atoms with Gasteiger partial charge in [0.2, 0.25) is 10.0 Å². The zero-order valence-corrected chi connectivity index (χ0v) is 13.1. The van der Waals surface area contributed by atoms with Gasteiger partial charge >= 0.3 is 6.18 Å². The van der Waals surface area contributed by atoms with E-state index in [2.05, 4.69) is 0 Å². The van der Waals surface area contributed by atoms with E-state index in [0.717, 1.165) is 4.31 Å². The Morgan fingerprint density at radius 1 is 1.48 bits per heavy atom. The highest BCUT2D eigenvalue weighted by molar-refractivity contribution is 7.89. The van der Waals surface area contributed by atoms with Gasteiger partial charge in [-0.2, -0.15) is 17.5 Å². The fourth-order valence-electron chi connectivity index (χ4n) is 2.53. The molecule has 0 aromatic carbocycles. The first-order valence-corrected chi connectivity index (χ1v) is 8.83. The number of nitrogens with zero attached hydrogens (tertiary/aromatic N) is 1. The molecule has 0 spiro atoms. The number of hydrogen-bond acceptors (Lipinski definition) is 4. The normalized spacial score (nSPS) is 21.7. The molecule has 0 saturated carbocycles. The molecule has 0 amide bonds. The smallest absolute Gasteiger partial charge is 0.326 e. The SMILES string of the molecule is Cc1csc(CN)c1S(=O)(=O)N1CCCC(C(F)(F)F)C1. The predicted molar refractivity (Wildman–Crippen MR) is 74.5 cm³/mol. The molecule has 2 heterocycles. The van der Waals surface area contributed by atoms with E-state index in [9.17, 15) is 21.6 Å². The third kappa shape index (κ3) is 3.25. The Bertz CT molecular complexity index is 611. The molecule has 4 nitrogen and oxygen atoms in total. The molecule has 1 unspecified atom stereocenters. The van der Waals surface area contributed by atoms with Gasteiger partial charge in [-0.15, -0.1) is 11.3 Å². The van der Waals surface area contributed by atoms with Gasteiger partial charge < -0.3 is 5.73 Å². The molecule has 1 aliphatic heterocycles. The summed E-state index contributed by atoms with van der Waals surface area (Å²) >= 11 is 1.22. The molecule has 2 N–H and O–H groups in total. The molecular formula is C12H17F3N2O2S2. The Morgan fingerprint density at radius 3 is 2.71 bits per heavy atom. The maximum Gasteiger partial charge on any atom is 0.393 e. The Balaban J connectivity index is 2.33. The molecule has 0 aliphatic carbocycles. The van der Waals surface area contributed by atoms with Gasteiger partial charge in [-0.1, -0.05) is 0 Å². The summed E-state index contributed by atoms with van der Waals surface area (Å²) in [6.45, 7) is 1.30. The topological polar surface area (TPSA) is 63.4 Å². The van der Waals surface area contributed by atoms with Gasteiger partial charge in [-0.3, -0.25) is 0 Å². The van der Waals surface area contributed by atoms with Crippen LogP contribution in [0.2, 0.25) is 0 Å². The first-order chi connectivity index (χ1) is 9.67. The van der Waals surface area contributed by atoms with Crippen LogP contribution in [0, 0.1) is 12.8 Å². The molecular weight excluding hydrogens is 325 g/mol. The number of aryl methyl sites for hydroxylation is 1. The number of thiophene rings is 1. The first-order valence-electron chi connectivity index (χ1n) is 6.51. The van der Waals surface area contributed by atoms with Crippen LogP contribution in [-0.4, -0.2) is 32.0 Å². The van der Waals surface area contributed by atoms with Gasteiger partial charge in [-0.25, -0.2) is 8.42 Å². The second-order valence-electron chi connectivity index (χ2n) is 5.12. The van der Waals surface area contributed by atoms with E-state index in [4.69, 9.17) is 5.73 Å². The quantitative estimate of drug-likeness (QED) is 0.918. The first kappa shape index (κ1) is 16.7. The molecule has 1 aliphatic rings. The second kappa shape index (κ2) is 5.86. The maximum atomic E-state index is 12.8. The largest absolute Gasteiger partial charge is 0.393 e. The van der Waals surface area contributed by atoms with Gasteiger partial charge in [0.25, 0.3) is 0 Å². The minimum absolute atomic E-state index is 0.0259. The van der Waals surface area contributed by atoms with Crippen molar-refractivity contribution in [3.8, 4) is 0 Å². The van der Waals surface area contributed by atoms with Crippen LogP contribution in [0.25, 0.3) is 0 Å². The van der Waals surface area contributed by atoms with Crippen molar-refractivity contribution in [2.45, 2.75) is 37.4 Å². The van der Waals surface area contributed by atoms with Crippen molar-refractivity contribution >= 4 is 21.4 Å². The summed E-state index contributed by atoms with van der Waals surface area (Å²) in [5, 5.41) is 1.67. The summed E-state index contributed by atoms with van der Waals surface area (Å²) in [6.07, 6.45) is -4.18. The van der Waals surface area contributed by atoms with Crippen molar-refractivity contribution in [1.29, 1.82) is 0 Å². The van der Waals surface area contributed by atoms with E-state index < -0.39 is 28.7 Å². The molecule has 1 atom stereocenters. The van der Waals surface area contributed by atoms with Crippen LogP contribution >= 0.6 is 11.3 Å². The Hall–Kier alpha value is -0.640. The van der Waals surface area contributed by atoms with Crippen LogP contribution in [-0.2, 0) is 16.6 Å².